The van der Waals surface area contributed by atoms with Crippen LogP contribution in [0, 0.1) is 5.92 Å². The molecular formula is C34H67NO4. The highest BCUT2D eigenvalue weighted by Gasteiger charge is 2.17. The van der Waals surface area contributed by atoms with Crippen molar-refractivity contribution in [1.82, 2.24) is 4.90 Å². The lowest BCUT2D eigenvalue weighted by molar-refractivity contribution is -0.159. The molecule has 0 saturated heterocycles. The van der Waals surface area contributed by atoms with Crippen molar-refractivity contribution in [3.05, 3.63) is 0 Å². The van der Waals surface area contributed by atoms with Crippen LogP contribution in [0.5, 0.6) is 0 Å². The molecule has 0 rings (SSSR count). The lowest BCUT2D eigenvalue weighted by atomic mass is 9.95. The maximum Gasteiger partial charge on any atom is 0.306 e. The second-order valence-corrected chi connectivity index (χ2v) is 12.0. The van der Waals surface area contributed by atoms with Crippen LogP contribution in [0.3, 0.4) is 0 Å². The zero-order valence-corrected chi connectivity index (χ0v) is 26.9. The van der Waals surface area contributed by atoms with Crippen molar-refractivity contribution in [2.75, 3.05) is 27.2 Å². The van der Waals surface area contributed by atoms with Gasteiger partial charge in [-0.25, -0.2) is 0 Å². The highest BCUT2D eigenvalue weighted by molar-refractivity contribution is 5.70. The van der Waals surface area contributed by atoms with Gasteiger partial charge in [-0.15, -0.1) is 0 Å². The summed E-state index contributed by atoms with van der Waals surface area (Å²) in [5.41, 5.74) is 0. The van der Waals surface area contributed by atoms with Gasteiger partial charge in [0.2, 0.25) is 0 Å². The van der Waals surface area contributed by atoms with E-state index in [1.807, 2.05) is 14.1 Å². The van der Waals surface area contributed by atoms with Crippen molar-refractivity contribution in [3.63, 3.8) is 0 Å². The molecule has 0 aromatic carbocycles. The molecule has 1 unspecified atom stereocenters. The normalized spacial score (nSPS) is 12.3. The average molecular weight is 554 g/mol. The van der Waals surface area contributed by atoms with Crippen LogP contribution < -0.4 is 0 Å². The Morgan fingerprint density at radius 1 is 0.590 bits per heavy atom. The highest BCUT2D eigenvalue weighted by Crippen LogP contribution is 2.18. The number of carbonyl (C=O) groups excluding carboxylic acids is 2. The summed E-state index contributed by atoms with van der Waals surface area (Å²) in [5.74, 6) is 0.494. The minimum atomic E-state index is -0.319. The molecule has 0 aliphatic rings. The molecule has 0 aliphatic carbocycles. The van der Waals surface area contributed by atoms with E-state index in [1.165, 1.54) is 96.3 Å². The van der Waals surface area contributed by atoms with Crippen molar-refractivity contribution in [1.29, 1.82) is 0 Å². The molecule has 0 fully saturated rings. The van der Waals surface area contributed by atoms with Crippen molar-refractivity contribution >= 4 is 11.9 Å². The summed E-state index contributed by atoms with van der Waals surface area (Å²) in [6.07, 6.45) is 26.1. The third-order valence-corrected chi connectivity index (χ3v) is 7.99. The van der Waals surface area contributed by atoms with Gasteiger partial charge in [-0.05, 0) is 52.2 Å². The van der Waals surface area contributed by atoms with Gasteiger partial charge in [0.25, 0.3) is 0 Å². The Hall–Kier alpha value is -1.10. The van der Waals surface area contributed by atoms with Gasteiger partial charge in [-0.2, -0.15) is 0 Å². The maximum atomic E-state index is 12.4. The molecule has 0 N–H and O–H groups in total. The Morgan fingerprint density at radius 2 is 1.08 bits per heavy atom. The highest BCUT2D eigenvalue weighted by atomic mass is 16.6. The molecule has 0 amide bonds. The number of carbonyl (C=O) groups is 2. The quantitative estimate of drug-likeness (QED) is 0.0681. The first-order chi connectivity index (χ1) is 18.9. The van der Waals surface area contributed by atoms with Crippen molar-refractivity contribution in [3.8, 4) is 0 Å². The summed E-state index contributed by atoms with van der Waals surface area (Å²) in [4.78, 5) is 26.8. The standard InChI is InChI=1S/C34H67NO4/c1-6-9-10-11-12-13-14-15-16-17-18-19-23-27-33(36)38-30-32(39-34(37)28-24-29-35(4)5)26-22-20-21-25-31(7-2)8-3/h31-32H,6-30H2,1-5H3. The first kappa shape index (κ1) is 37.9. The largest absolute Gasteiger partial charge is 0.462 e. The van der Waals surface area contributed by atoms with Crippen LogP contribution in [0.1, 0.15) is 168 Å². The predicted octanol–water partition coefficient (Wildman–Crippen LogP) is 9.65. The molecule has 0 heterocycles. The van der Waals surface area contributed by atoms with E-state index < -0.39 is 0 Å². The maximum absolute atomic E-state index is 12.4. The summed E-state index contributed by atoms with van der Waals surface area (Å²) in [6, 6.07) is 0. The fourth-order valence-electron chi connectivity index (χ4n) is 5.18. The first-order valence-electron chi connectivity index (χ1n) is 16.9. The van der Waals surface area contributed by atoms with E-state index in [2.05, 4.69) is 25.7 Å². The fraction of sp³-hybridized carbons (Fsp3) is 0.941. The minimum absolute atomic E-state index is 0.152. The number of hydrogen-bond acceptors (Lipinski definition) is 5. The van der Waals surface area contributed by atoms with Crippen LogP contribution in [0.4, 0.5) is 0 Å². The van der Waals surface area contributed by atoms with Gasteiger partial charge in [0.15, 0.2) is 0 Å². The number of nitrogens with zero attached hydrogens (tertiary/aromatic N) is 1. The van der Waals surface area contributed by atoms with Gasteiger partial charge in [0, 0.05) is 12.8 Å². The van der Waals surface area contributed by atoms with Gasteiger partial charge < -0.3 is 14.4 Å². The fourth-order valence-corrected chi connectivity index (χ4v) is 5.18. The van der Waals surface area contributed by atoms with Gasteiger partial charge in [0.05, 0.1) is 0 Å². The summed E-state index contributed by atoms with van der Waals surface area (Å²) < 4.78 is 11.3. The molecule has 0 bridgehead atoms. The van der Waals surface area contributed by atoms with Crippen LogP contribution in [-0.2, 0) is 19.1 Å². The summed E-state index contributed by atoms with van der Waals surface area (Å²) in [7, 11) is 4.01. The molecule has 0 radical (unpaired) electrons. The molecular weight excluding hydrogens is 486 g/mol. The molecule has 0 spiro atoms. The van der Waals surface area contributed by atoms with Crippen LogP contribution in [0.25, 0.3) is 0 Å². The van der Waals surface area contributed by atoms with Crippen molar-refractivity contribution in [2.45, 2.75) is 175 Å². The van der Waals surface area contributed by atoms with Crippen LogP contribution >= 0.6 is 0 Å². The van der Waals surface area contributed by atoms with Gasteiger partial charge >= 0.3 is 11.9 Å². The molecule has 0 saturated carbocycles. The zero-order valence-electron chi connectivity index (χ0n) is 26.9. The second-order valence-electron chi connectivity index (χ2n) is 12.0. The predicted molar refractivity (Wildman–Crippen MR) is 166 cm³/mol. The average Bonchev–Trinajstić information content (AvgIpc) is 2.91. The zero-order chi connectivity index (χ0) is 29.0. The van der Waals surface area contributed by atoms with E-state index >= 15 is 0 Å². The lowest BCUT2D eigenvalue weighted by Crippen LogP contribution is -2.26. The number of rotatable bonds is 29. The van der Waals surface area contributed by atoms with Gasteiger partial charge in [-0.3, -0.25) is 9.59 Å². The molecule has 0 aliphatic heterocycles. The van der Waals surface area contributed by atoms with E-state index in [0.717, 1.165) is 51.0 Å². The Labute approximate surface area is 243 Å². The Kier molecular flexibility index (Phi) is 27.6. The minimum Gasteiger partial charge on any atom is -0.462 e. The van der Waals surface area contributed by atoms with E-state index in [0.29, 0.717) is 12.8 Å². The molecule has 232 valence electrons. The summed E-state index contributed by atoms with van der Waals surface area (Å²) in [6.45, 7) is 7.87. The van der Waals surface area contributed by atoms with Gasteiger partial charge in [-0.1, -0.05) is 130 Å². The van der Waals surface area contributed by atoms with Crippen molar-refractivity contribution < 1.29 is 19.1 Å². The SMILES string of the molecule is CCCCCCCCCCCCCCCC(=O)OCC(CCCCCC(CC)CC)OC(=O)CCCN(C)C. The van der Waals surface area contributed by atoms with Crippen LogP contribution in [-0.4, -0.2) is 50.2 Å². The molecule has 0 aromatic rings. The number of esters is 2. The molecule has 1 atom stereocenters. The van der Waals surface area contributed by atoms with E-state index in [1.54, 1.807) is 0 Å². The second kappa shape index (κ2) is 28.4. The number of hydrogen-bond donors (Lipinski definition) is 0. The Morgan fingerprint density at radius 3 is 1.62 bits per heavy atom. The van der Waals surface area contributed by atoms with Crippen LogP contribution in [0.2, 0.25) is 0 Å². The molecule has 0 aromatic heterocycles. The third-order valence-electron chi connectivity index (χ3n) is 7.99. The van der Waals surface area contributed by atoms with E-state index in [-0.39, 0.29) is 24.6 Å². The molecule has 39 heavy (non-hydrogen) atoms. The summed E-state index contributed by atoms with van der Waals surface area (Å²) >= 11 is 0. The summed E-state index contributed by atoms with van der Waals surface area (Å²) in [5, 5.41) is 0. The third kappa shape index (κ3) is 26.9. The lowest BCUT2D eigenvalue weighted by Gasteiger charge is -2.19. The van der Waals surface area contributed by atoms with E-state index in [4.69, 9.17) is 9.47 Å². The monoisotopic (exact) mass is 554 g/mol. The molecule has 5 heteroatoms. The van der Waals surface area contributed by atoms with Crippen molar-refractivity contribution in [2.24, 2.45) is 5.92 Å². The first-order valence-corrected chi connectivity index (χ1v) is 16.9. The smallest absolute Gasteiger partial charge is 0.306 e. The topological polar surface area (TPSA) is 55.8 Å². The van der Waals surface area contributed by atoms with Crippen LogP contribution in [0.15, 0.2) is 0 Å². The van der Waals surface area contributed by atoms with E-state index in [9.17, 15) is 9.59 Å². The Bertz CT molecular complexity index is 547. The molecule has 5 nitrogen and oxygen atoms in total. The Balaban J connectivity index is 4.08. The van der Waals surface area contributed by atoms with Gasteiger partial charge in [0.1, 0.15) is 12.7 Å². The number of ether oxygens (including phenoxy) is 2. The number of unbranched alkanes of at least 4 members (excludes halogenated alkanes) is 14.